The van der Waals surface area contributed by atoms with Gasteiger partial charge in [-0.25, -0.2) is 4.39 Å². The number of hydrogen-bond donors (Lipinski definition) is 3. The zero-order valence-corrected chi connectivity index (χ0v) is 10.9. The number of hydrogen-bond acceptors (Lipinski definition) is 4. The Bertz CT molecular complexity index is 424. The molecule has 0 unspecified atom stereocenters. The van der Waals surface area contributed by atoms with Crippen molar-refractivity contribution in [2.75, 3.05) is 30.5 Å². The molecule has 0 fully saturated rings. The summed E-state index contributed by atoms with van der Waals surface area (Å²) in [5, 5.41) is 2.83. The van der Waals surface area contributed by atoms with Crippen molar-refractivity contribution in [1.82, 2.24) is 0 Å². The standard InChI is InChI=1S/C11H17ClFN3O/c1-11(2,5-17-3)16-10-7(15)4-6(14)8(12)9(10)13/h4,16H,5,14-15H2,1-3H3. The van der Waals surface area contributed by atoms with Crippen molar-refractivity contribution in [2.24, 2.45) is 0 Å². The van der Waals surface area contributed by atoms with Crippen LogP contribution in [-0.4, -0.2) is 19.3 Å². The molecule has 0 saturated carbocycles. The third-order valence-electron chi connectivity index (χ3n) is 2.23. The van der Waals surface area contributed by atoms with Crippen molar-refractivity contribution in [2.45, 2.75) is 19.4 Å². The van der Waals surface area contributed by atoms with Gasteiger partial charge in [0.1, 0.15) is 5.02 Å². The van der Waals surface area contributed by atoms with Crippen molar-refractivity contribution < 1.29 is 9.13 Å². The van der Waals surface area contributed by atoms with Crippen LogP contribution in [0.4, 0.5) is 21.5 Å². The summed E-state index contributed by atoms with van der Waals surface area (Å²) in [6.07, 6.45) is 0. The molecule has 0 bridgehead atoms. The molecule has 96 valence electrons. The summed E-state index contributed by atoms with van der Waals surface area (Å²) in [5.41, 5.74) is 11.2. The van der Waals surface area contributed by atoms with Crippen LogP contribution < -0.4 is 16.8 Å². The fraction of sp³-hybridized carbons (Fsp3) is 0.455. The van der Waals surface area contributed by atoms with E-state index in [1.165, 1.54) is 6.07 Å². The second-order valence-electron chi connectivity index (χ2n) is 4.50. The van der Waals surface area contributed by atoms with E-state index in [1.807, 2.05) is 13.8 Å². The minimum atomic E-state index is -0.645. The molecule has 17 heavy (non-hydrogen) atoms. The molecule has 1 rings (SSSR count). The van der Waals surface area contributed by atoms with Crippen LogP contribution in [0.15, 0.2) is 6.07 Å². The lowest BCUT2D eigenvalue weighted by molar-refractivity contribution is 0.158. The summed E-state index contributed by atoms with van der Waals surface area (Å²) in [6, 6.07) is 1.43. The molecule has 0 spiro atoms. The lowest BCUT2D eigenvalue weighted by Gasteiger charge is -2.28. The second-order valence-corrected chi connectivity index (χ2v) is 4.88. The van der Waals surface area contributed by atoms with E-state index in [2.05, 4.69) is 5.32 Å². The number of nitrogens with two attached hydrogens (primary N) is 2. The molecule has 0 radical (unpaired) electrons. The molecule has 1 aromatic carbocycles. The normalized spacial score (nSPS) is 11.6. The number of methoxy groups -OCH3 is 1. The van der Waals surface area contributed by atoms with Gasteiger partial charge in [-0.3, -0.25) is 0 Å². The van der Waals surface area contributed by atoms with E-state index in [0.717, 1.165) is 0 Å². The van der Waals surface area contributed by atoms with Crippen molar-refractivity contribution in [3.05, 3.63) is 16.9 Å². The first-order valence-electron chi connectivity index (χ1n) is 5.08. The highest BCUT2D eigenvalue weighted by atomic mass is 35.5. The monoisotopic (exact) mass is 261 g/mol. The Morgan fingerprint density at radius 1 is 1.41 bits per heavy atom. The van der Waals surface area contributed by atoms with E-state index < -0.39 is 11.4 Å². The average Bonchev–Trinajstić information content (AvgIpc) is 2.21. The van der Waals surface area contributed by atoms with Crippen LogP contribution >= 0.6 is 11.6 Å². The summed E-state index contributed by atoms with van der Waals surface area (Å²) in [4.78, 5) is 0. The van der Waals surface area contributed by atoms with Gasteiger partial charge in [-0.2, -0.15) is 0 Å². The van der Waals surface area contributed by atoms with E-state index >= 15 is 0 Å². The maximum Gasteiger partial charge on any atom is 0.169 e. The molecule has 0 aromatic heterocycles. The zero-order valence-electron chi connectivity index (χ0n) is 10.1. The topological polar surface area (TPSA) is 73.3 Å². The number of nitrogens with one attached hydrogen (secondary N) is 1. The fourth-order valence-corrected chi connectivity index (χ4v) is 1.68. The molecule has 1 aromatic rings. The lowest BCUT2D eigenvalue weighted by atomic mass is 10.1. The number of nitrogen functional groups attached to an aromatic ring is 2. The van der Waals surface area contributed by atoms with Crippen LogP contribution in [0.25, 0.3) is 0 Å². The maximum atomic E-state index is 13.9. The zero-order chi connectivity index (χ0) is 13.2. The van der Waals surface area contributed by atoms with E-state index in [0.29, 0.717) is 6.61 Å². The predicted octanol–water partition coefficient (Wildman–Crippen LogP) is 2.48. The quantitative estimate of drug-likeness (QED) is 0.728. The molecule has 0 amide bonds. The van der Waals surface area contributed by atoms with Crippen molar-refractivity contribution in [3.63, 3.8) is 0 Å². The van der Waals surface area contributed by atoms with Gasteiger partial charge in [0.15, 0.2) is 5.82 Å². The first-order chi connectivity index (χ1) is 7.78. The number of benzene rings is 1. The number of ether oxygens (including phenoxy) is 1. The molecule has 6 heteroatoms. The predicted molar refractivity (Wildman–Crippen MR) is 69.8 cm³/mol. The Hall–Kier alpha value is -1.20. The Balaban J connectivity index is 3.11. The van der Waals surface area contributed by atoms with Crippen molar-refractivity contribution in [1.29, 1.82) is 0 Å². The van der Waals surface area contributed by atoms with Gasteiger partial charge in [0.05, 0.1) is 29.2 Å². The van der Waals surface area contributed by atoms with Gasteiger partial charge in [-0.15, -0.1) is 0 Å². The van der Waals surface area contributed by atoms with Crippen LogP contribution in [0.2, 0.25) is 5.02 Å². The second kappa shape index (κ2) is 4.98. The van der Waals surface area contributed by atoms with E-state index in [-0.39, 0.29) is 22.1 Å². The van der Waals surface area contributed by atoms with Crippen molar-refractivity contribution in [3.8, 4) is 0 Å². The molecule has 5 N–H and O–H groups in total. The molecule has 0 heterocycles. The van der Waals surface area contributed by atoms with Gasteiger partial charge < -0.3 is 21.5 Å². The van der Waals surface area contributed by atoms with Gasteiger partial charge in [-0.1, -0.05) is 11.6 Å². The molecule has 0 aliphatic heterocycles. The van der Waals surface area contributed by atoms with Gasteiger partial charge in [0.25, 0.3) is 0 Å². The maximum absolute atomic E-state index is 13.9. The summed E-state index contributed by atoms with van der Waals surface area (Å²) >= 11 is 5.73. The minimum Gasteiger partial charge on any atom is -0.397 e. The molecular formula is C11H17ClFN3O. The highest BCUT2D eigenvalue weighted by Gasteiger charge is 2.22. The minimum absolute atomic E-state index is 0.122. The first kappa shape index (κ1) is 13.9. The molecule has 0 saturated heterocycles. The van der Waals surface area contributed by atoms with Gasteiger partial charge in [-0.05, 0) is 19.9 Å². The van der Waals surface area contributed by atoms with Gasteiger partial charge in [0.2, 0.25) is 0 Å². The SMILES string of the molecule is COCC(C)(C)Nc1c(N)cc(N)c(Cl)c1F. The molecular weight excluding hydrogens is 245 g/mol. The molecule has 0 atom stereocenters. The summed E-state index contributed by atoms with van der Waals surface area (Å²) in [7, 11) is 1.57. The molecule has 0 aliphatic carbocycles. The third kappa shape index (κ3) is 3.14. The van der Waals surface area contributed by atoms with E-state index in [9.17, 15) is 4.39 Å². The smallest absolute Gasteiger partial charge is 0.169 e. The highest BCUT2D eigenvalue weighted by molar-refractivity contribution is 6.33. The number of halogens is 2. The lowest BCUT2D eigenvalue weighted by Crippen LogP contribution is -2.36. The Labute approximate surface area is 105 Å². The van der Waals surface area contributed by atoms with Crippen LogP contribution in [0.3, 0.4) is 0 Å². The van der Waals surface area contributed by atoms with Gasteiger partial charge in [0, 0.05) is 7.11 Å². The molecule has 4 nitrogen and oxygen atoms in total. The highest BCUT2D eigenvalue weighted by Crippen LogP contribution is 2.35. The number of rotatable bonds is 4. The summed E-state index contributed by atoms with van der Waals surface area (Å²) < 4.78 is 18.9. The third-order valence-corrected chi connectivity index (χ3v) is 2.62. The summed E-state index contributed by atoms with van der Waals surface area (Å²) in [6.45, 7) is 4.12. The van der Waals surface area contributed by atoms with Crippen molar-refractivity contribution >= 4 is 28.7 Å². The largest absolute Gasteiger partial charge is 0.397 e. The van der Waals surface area contributed by atoms with E-state index in [1.54, 1.807) is 7.11 Å². The Morgan fingerprint density at radius 3 is 2.53 bits per heavy atom. The molecule has 0 aliphatic rings. The number of anilines is 3. The Kier molecular flexibility index (Phi) is 4.06. The van der Waals surface area contributed by atoms with Crippen LogP contribution in [0, 0.1) is 5.82 Å². The fourth-order valence-electron chi connectivity index (χ4n) is 1.53. The van der Waals surface area contributed by atoms with E-state index in [4.69, 9.17) is 27.8 Å². The van der Waals surface area contributed by atoms with Gasteiger partial charge >= 0.3 is 0 Å². The van der Waals surface area contributed by atoms with Crippen LogP contribution in [0.5, 0.6) is 0 Å². The summed E-state index contributed by atoms with van der Waals surface area (Å²) in [5.74, 6) is -0.645. The van der Waals surface area contributed by atoms with Crippen LogP contribution in [0.1, 0.15) is 13.8 Å². The Morgan fingerprint density at radius 2 is 2.00 bits per heavy atom. The average molecular weight is 262 g/mol. The van der Waals surface area contributed by atoms with Crippen LogP contribution in [-0.2, 0) is 4.74 Å². The first-order valence-corrected chi connectivity index (χ1v) is 5.46.